The zero-order valence-electron chi connectivity index (χ0n) is 13.0. The lowest BCUT2D eigenvalue weighted by Gasteiger charge is -2.10. The third-order valence-electron chi connectivity index (χ3n) is 2.82. The van der Waals surface area contributed by atoms with Gasteiger partial charge in [-0.05, 0) is 25.3 Å². The van der Waals surface area contributed by atoms with Gasteiger partial charge in [0.2, 0.25) is 0 Å². The fraction of sp³-hybridized carbons (Fsp3) is 0.600. The van der Waals surface area contributed by atoms with Crippen molar-refractivity contribution in [3.05, 3.63) is 17.8 Å². The fourth-order valence-corrected chi connectivity index (χ4v) is 1.62. The number of hydrogen-bond acceptors (Lipinski definition) is 6. The highest BCUT2D eigenvalue weighted by atomic mass is 16.5. The lowest BCUT2D eigenvalue weighted by molar-refractivity contribution is 0.0527. The SMILES string of the molecule is CCOC(=O)c1cc(NCCOCCC(C)C)ncc1N. The number of nitrogens with one attached hydrogen (secondary N) is 1. The number of rotatable bonds is 9. The average molecular weight is 295 g/mol. The highest BCUT2D eigenvalue weighted by Crippen LogP contribution is 2.15. The molecule has 0 unspecified atom stereocenters. The van der Waals surface area contributed by atoms with Crippen LogP contribution in [-0.2, 0) is 9.47 Å². The molecule has 0 amide bonds. The lowest BCUT2D eigenvalue weighted by Crippen LogP contribution is -2.13. The van der Waals surface area contributed by atoms with Crippen LogP contribution >= 0.6 is 0 Å². The number of esters is 1. The van der Waals surface area contributed by atoms with Gasteiger partial charge in [-0.1, -0.05) is 13.8 Å². The van der Waals surface area contributed by atoms with Crippen molar-refractivity contribution < 1.29 is 14.3 Å². The molecule has 118 valence electrons. The third-order valence-corrected chi connectivity index (χ3v) is 2.82. The van der Waals surface area contributed by atoms with Crippen LogP contribution in [0, 0.1) is 5.92 Å². The molecule has 6 nitrogen and oxygen atoms in total. The first kappa shape index (κ1) is 17.2. The molecule has 0 saturated carbocycles. The van der Waals surface area contributed by atoms with Crippen LogP contribution in [0.4, 0.5) is 11.5 Å². The highest BCUT2D eigenvalue weighted by molar-refractivity contribution is 5.95. The summed E-state index contributed by atoms with van der Waals surface area (Å²) in [5.74, 6) is 0.789. The summed E-state index contributed by atoms with van der Waals surface area (Å²) < 4.78 is 10.4. The van der Waals surface area contributed by atoms with Crippen LogP contribution < -0.4 is 11.1 Å². The van der Waals surface area contributed by atoms with E-state index in [2.05, 4.69) is 24.1 Å². The minimum atomic E-state index is -0.436. The predicted octanol–water partition coefficient (Wildman–Crippen LogP) is 2.32. The van der Waals surface area contributed by atoms with E-state index in [1.165, 1.54) is 6.20 Å². The second kappa shape index (κ2) is 9.18. The number of nitrogens with two attached hydrogens (primary N) is 1. The number of aromatic nitrogens is 1. The summed E-state index contributed by atoms with van der Waals surface area (Å²) >= 11 is 0. The van der Waals surface area contributed by atoms with Crippen LogP contribution in [0.3, 0.4) is 0 Å². The molecule has 21 heavy (non-hydrogen) atoms. The van der Waals surface area contributed by atoms with Crippen molar-refractivity contribution in [2.24, 2.45) is 5.92 Å². The molecule has 0 aliphatic heterocycles. The molecule has 0 spiro atoms. The van der Waals surface area contributed by atoms with Crippen molar-refractivity contribution in [3.8, 4) is 0 Å². The Morgan fingerprint density at radius 1 is 1.43 bits per heavy atom. The van der Waals surface area contributed by atoms with Gasteiger partial charge in [0.15, 0.2) is 0 Å². The molecule has 1 rings (SSSR count). The first-order chi connectivity index (χ1) is 10.0. The third kappa shape index (κ3) is 6.44. The number of ether oxygens (including phenoxy) is 2. The second-order valence-electron chi connectivity index (χ2n) is 5.10. The molecule has 0 bridgehead atoms. The largest absolute Gasteiger partial charge is 0.462 e. The number of hydrogen-bond donors (Lipinski definition) is 2. The van der Waals surface area contributed by atoms with E-state index in [1.54, 1.807) is 13.0 Å². The Morgan fingerprint density at radius 2 is 2.19 bits per heavy atom. The molecule has 0 atom stereocenters. The van der Waals surface area contributed by atoms with Gasteiger partial charge in [0.05, 0.1) is 30.7 Å². The van der Waals surface area contributed by atoms with Crippen LogP contribution in [0.1, 0.15) is 37.6 Å². The van der Waals surface area contributed by atoms with Gasteiger partial charge >= 0.3 is 5.97 Å². The summed E-state index contributed by atoms with van der Waals surface area (Å²) in [5.41, 5.74) is 6.37. The Labute approximate surface area is 126 Å². The molecule has 6 heteroatoms. The maximum absolute atomic E-state index is 11.7. The fourth-order valence-electron chi connectivity index (χ4n) is 1.62. The summed E-state index contributed by atoms with van der Waals surface area (Å²) in [5, 5.41) is 3.10. The Balaban J connectivity index is 2.42. The molecule has 0 aliphatic rings. The van der Waals surface area contributed by atoms with Gasteiger partial charge in [0, 0.05) is 13.2 Å². The van der Waals surface area contributed by atoms with E-state index in [-0.39, 0.29) is 0 Å². The molecule has 0 saturated heterocycles. The first-order valence-corrected chi connectivity index (χ1v) is 7.28. The summed E-state index contributed by atoms with van der Waals surface area (Å²) in [7, 11) is 0. The van der Waals surface area contributed by atoms with Gasteiger partial charge < -0.3 is 20.5 Å². The molecular weight excluding hydrogens is 270 g/mol. The minimum absolute atomic E-state index is 0.312. The summed E-state index contributed by atoms with van der Waals surface area (Å²) in [6, 6.07) is 1.60. The molecule has 1 heterocycles. The van der Waals surface area contributed by atoms with Gasteiger partial charge in [0.25, 0.3) is 0 Å². The number of carbonyl (C=O) groups is 1. The van der Waals surface area contributed by atoms with Gasteiger partial charge in [-0.15, -0.1) is 0 Å². The Hall–Kier alpha value is -1.82. The predicted molar refractivity (Wildman–Crippen MR) is 83.4 cm³/mol. The molecule has 3 N–H and O–H groups in total. The van der Waals surface area contributed by atoms with E-state index in [4.69, 9.17) is 15.2 Å². The van der Waals surface area contributed by atoms with Crippen LogP contribution in [-0.4, -0.2) is 37.3 Å². The van der Waals surface area contributed by atoms with E-state index >= 15 is 0 Å². The topological polar surface area (TPSA) is 86.5 Å². The van der Waals surface area contributed by atoms with E-state index in [0.717, 1.165) is 13.0 Å². The van der Waals surface area contributed by atoms with Gasteiger partial charge in [0.1, 0.15) is 5.82 Å². The standard InChI is InChI=1S/C15H25N3O3/c1-4-21-15(19)12-9-14(18-10-13(12)16)17-6-8-20-7-5-11(2)3/h9-11H,4-8,16H2,1-3H3,(H,17,18). The van der Waals surface area contributed by atoms with Crippen molar-refractivity contribution in [2.75, 3.05) is 37.4 Å². The summed E-state index contributed by atoms with van der Waals surface area (Å²) in [6.07, 6.45) is 2.50. The van der Waals surface area contributed by atoms with Crippen LogP contribution in [0.2, 0.25) is 0 Å². The molecular formula is C15H25N3O3. The first-order valence-electron chi connectivity index (χ1n) is 7.28. The normalized spacial score (nSPS) is 10.7. The zero-order valence-corrected chi connectivity index (χ0v) is 13.0. The average Bonchev–Trinajstić information content (AvgIpc) is 2.44. The second-order valence-corrected chi connectivity index (χ2v) is 5.10. The van der Waals surface area contributed by atoms with E-state index in [9.17, 15) is 4.79 Å². The molecule has 1 aromatic heterocycles. The zero-order chi connectivity index (χ0) is 15.7. The molecule has 0 aromatic carbocycles. The quantitative estimate of drug-likeness (QED) is 0.537. The van der Waals surface area contributed by atoms with E-state index in [1.807, 2.05) is 0 Å². The molecule has 0 radical (unpaired) electrons. The number of anilines is 2. The van der Waals surface area contributed by atoms with Crippen LogP contribution in [0.5, 0.6) is 0 Å². The smallest absolute Gasteiger partial charge is 0.340 e. The van der Waals surface area contributed by atoms with E-state index in [0.29, 0.717) is 42.7 Å². The summed E-state index contributed by atoms with van der Waals surface area (Å²) in [6.45, 7) is 8.36. The maximum Gasteiger partial charge on any atom is 0.340 e. The Morgan fingerprint density at radius 3 is 2.86 bits per heavy atom. The number of carbonyl (C=O) groups excluding carboxylic acids is 1. The van der Waals surface area contributed by atoms with Gasteiger partial charge in [-0.2, -0.15) is 0 Å². The summed E-state index contributed by atoms with van der Waals surface area (Å²) in [4.78, 5) is 15.8. The van der Waals surface area contributed by atoms with Crippen molar-refractivity contribution >= 4 is 17.5 Å². The molecule has 0 aliphatic carbocycles. The number of pyridine rings is 1. The van der Waals surface area contributed by atoms with Crippen LogP contribution in [0.15, 0.2) is 12.3 Å². The lowest BCUT2D eigenvalue weighted by atomic mass is 10.1. The van der Waals surface area contributed by atoms with E-state index < -0.39 is 5.97 Å². The van der Waals surface area contributed by atoms with Crippen molar-refractivity contribution in [2.45, 2.75) is 27.2 Å². The minimum Gasteiger partial charge on any atom is -0.462 e. The number of nitrogens with zero attached hydrogens (tertiary/aromatic N) is 1. The van der Waals surface area contributed by atoms with Gasteiger partial charge in [-0.25, -0.2) is 9.78 Å². The monoisotopic (exact) mass is 295 g/mol. The number of nitrogen functional groups attached to an aromatic ring is 1. The molecule has 0 fully saturated rings. The maximum atomic E-state index is 11.7. The van der Waals surface area contributed by atoms with Crippen molar-refractivity contribution in [1.29, 1.82) is 0 Å². The van der Waals surface area contributed by atoms with Crippen molar-refractivity contribution in [1.82, 2.24) is 4.98 Å². The molecule has 1 aromatic rings. The van der Waals surface area contributed by atoms with Crippen molar-refractivity contribution in [3.63, 3.8) is 0 Å². The highest BCUT2D eigenvalue weighted by Gasteiger charge is 2.12. The Kier molecular flexibility index (Phi) is 7.53. The Bertz CT molecular complexity index is 450. The van der Waals surface area contributed by atoms with Crippen LogP contribution in [0.25, 0.3) is 0 Å². The van der Waals surface area contributed by atoms with Gasteiger partial charge in [-0.3, -0.25) is 0 Å².